The zero-order valence-electron chi connectivity index (χ0n) is 11.2. The van der Waals surface area contributed by atoms with Gasteiger partial charge < -0.3 is 5.32 Å². The number of hydrogen-bond donors (Lipinski definition) is 1. The van der Waals surface area contributed by atoms with E-state index >= 15 is 0 Å². The van der Waals surface area contributed by atoms with Gasteiger partial charge in [0.2, 0.25) is 0 Å². The second-order valence-corrected chi connectivity index (χ2v) is 4.30. The zero-order valence-corrected chi connectivity index (χ0v) is 11.2. The lowest BCUT2D eigenvalue weighted by atomic mass is 10.2. The van der Waals surface area contributed by atoms with Crippen molar-refractivity contribution in [3.63, 3.8) is 0 Å². The van der Waals surface area contributed by atoms with Gasteiger partial charge in [0.1, 0.15) is 11.8 Å². The first-order valence-electron chi connectivity index (χ1n) is 6.50. The fraction of sp³-hybridized carbons (Fsp3) is 0.0556. The summed E-state index contributed by atoms with van der Waals surface area (Å²) in [6.45, 7) is 0.652. The average Bonchev–Trinajstić information content (AvgIpc) is 2.52. The first kappa shape index (κ1) is 13.6. The van der Waals surface area contributed by atoms with Crippen molar-refractivity contribution >= 4 is 6.08 Å². The summed E-state index contributed by atoms with van der Waals surface area (Å²) in [6.07, 6.45) is 5.64. The van der Waals surface area contributed by atoms with Crippen molar-refractivity contribution in [2.24, 2.45) is 0 Å². The van der Waals surface area contributed by atoms with Gasteiger partial charge in [-0.05, 0) is 17.2 Å². The van der Waals surface area contributed by atoms with Crippen LogP contribution in [0.1, 0.15) is 11.1 Å². The van der Waals surface area contributed by atoms with Crippen molar-refractivity contribution < 1.29 is 0 Å². The molecule has 0 aliphatic carbocycles. The van der Waals surface area contributed by atoms with E-state index in [0.717, 1.165) is 11.1 Å². The van der Waals surface area contributed by atoms with Crippen LogP contribution in [0.5, 0.6) is 0 Å². The summed E-state index contributed by atoms with van der Waals surface area (Å²) in [5.41, 5.74) is 2.82. The molecular weight excluding hydrogens is 244 g/mol. The molecule has 0 amide bonds. The molecule has 2 aromatic carbocycles. The molecule has 0 saturated carbocycles. The van der Waals surface area contributed by atoms with Gasteiger partial charge in [-0.3, -0.25) is 0 Å². The van der Waals surface area contributed by atoms with E-state index in [-0.39, 0.29) is 0 Å². The highest BCUT2D eigenvalue weighted by Crippen LogP contribution is 2.02. The largest absolute Gasteiger partial charge is 0.372 e. The van der Waals surface area contributed by atoms with Crippen LogP contribution in [0.15, 0.2) is 78.5 Å². The predicted octanol–water partition coefficient (Wildman–Crippen LogP) is 3.90. The predicted molar refractivity (Wildman–Crippen MR) is 82.5 cm³/mol. The van der Waals surface area contributed by atoms with Gasteiger partial charge in [-0.2, -0.15) is 5.26 Å². The molecule has 2 aromatic rings. The summed E-state index contributed by atoms with van der Waals surface area (Å²) in [4.78, 5) is 0. The van der Waals surface area contributed by atoms with Crippen LogP contribution in [0, 0.1) is 11.3 Å². The number of rotatable bonds is 5. The van der Waals surface area contributed by atoms with E-state index in [1.807, 2.05) is 72.8 Å². The standard InChI is InChI=1S/C18H16N2/c19-14-18(20-15-17-10-5-2-6-11-17)13-7-12-16-8-3-1-4-9-16/h1-13,20H,15H2. The van der Waals surface area contributed by atoms with Crippen LogP contribution in [0.2, 0.25) is 0 Å². The van der Waals surface area contributed by atoms with E-state index in [4.69, 9.17) is 5.26 Å². The van der Waals surface area contributed by atoms with Crippen LogP contribution in [-0.2, 0) is 6.54 Å². The fourth-order valence-corrected chi connectivity index (χ4v) is 1.75. The molecule has 1 N–H and O–H groups in total. The zero-order chi connectivity index (χ0) is 14.0. The number of nitrogens with zero attached hydrogens (tertiary/aromatic N) is 1. The molecule has 98 valence electrons. The molecule has 0 heterocycles. The Morgan fingerprint density at radius 3 is 2.30 bits per heavy atom. The molecule has 2 heteroatoms. The fourth-order valence-electron chi connectivity index (χ4n) is 1.75. The molecular formula is C18H16N2. The summed E-state index contributed by atoms with van der Waals surface area (Å²) in [6, 6.07) is 22.2. The molecule has 0 aliphatic heterocycles. The minimum Gasteiger partial charge on any atom is -0.372 e. The molecule has 0 saturated heterocycles. The lowest BCUT2D eigenvalue weighted by Gasteiger charge is -2.03. The maximum Gasteiger partial charge on any atom is 0.117 e. The molecule has 0 aromatic heterocycles. The van der Waals surface area contributed by atoms with Crippen LogP contribution in [0.4, 0.5) is 0 Å². The number of allylic oxidation sites excluding steroid dienone is 3. The Hall–Kier alpha value is -2.79. The summed E-state index contributed by atoms with van der Waals surface area (Å²) in [5.74, 6) is 0. The number of benzene rings is 2. The molecule has 0 radical (unpaired) electrons. The van der Waals surface area contributed by atoms with Gasteiger partial charge in [-0.25, -0.2) is 0 Å². The number of nitrogens with one attached hydrogen (secondary N) is 1. The van der Waals surface area contributed by atoms with E-state index in [9.17, 15) is 0 Å². The third-order valence-corrected chi connectivity index (χ3v) is 2.80. The lowest BCUT2D eigenvalue weighted by molar-refractivity contribution is 0.837. The quantitative estimate of drug-likeness (QED) is 0.653. The average molecular weight is 260 g/mol. The second kappa shape index (κ2) is 7.60. The highest BCUT2D eigenvalue weighted by molar-refractivity contribution is 5.51. The van der Waals surface area contributed by atoms with E-state index in [0.29, 0.717) is 12.2 Å². The van der Waals surface area contributed by atoms with E-state index in [1.54, 1.807) is 6.08 Å². The van der Waals surface area contributed by atoms with Gasteiger partial charge in [-0.1, -0.05) is 72.8 Å². The molecule has 0 unspecified atom stereocenters. The Bertz CT molecular complexity index is 619. The Kier molecular flexibility index (Phi) is 5.18. The van der Waals surface area contributed by atoms with Crippen molar-refractivity contribution in [2.75, 3.05) is 0 Å². The topological polar surface area (TPSA) is 35.8 Å². The highest BCUT2D eigenvalue weighted by atomic mass is 14.9. The minimum absolute atomic E-state index is 0.557. The van der Waals surface area contributed by atoms with E-state index < -0.39 is 0 Å². The van der Waals surface area contributed by atoms with Gasteiger partial charge in [0.15, 0.2) is 0 Å². The van der Waals surface area contributed by atoms with Crippen molar-refractivity contribution in [2.45, 2.75) is 6.54 Å². The Morgan fingerprint density at radius 1 is 1.00 bits per heavy atom. The Labute approximate surface area is 119 Å². The molecule has 2 rings (SSSR count). The molecule has 0 atom stereocenters. The van der Waals surface area contributed by atoms with Crippen molar-refractivity contribution in [1.29, 1.82) is 5.26 Å². The van der Waals surface area contributed by atoms with Crippen LogP contribution in [0.3, 0.4) is 0 Å². The molecule has 20 heavy (non-hydrogen) atoms. The molecule has 0 aliphatic rings. The Morgan fingerprint density at radius 2 is 1.65 bits per heavy atom. The number of nitriles is 1. The van der Waals surface area contributed by atoms with E-state index in [2.05, 4.69) is 11.4 Å². The second-order valence-electron chi connectivity index (χ2n) is 4.30. The minimum atomic E-state index is 0.557. The smallest absolute Gasteiger partial charge is 0.117 e. The molecule has 0 bridgehead atoms. The van der Waals surface area contributed by atoms with Crippen LogP contribution in [-0.4, -0.2) is 0 Å². The summed E-state index contributed by atoms with van der Waals surface area (Å²) in [7, 11) is 0. The first-order chi connectivity index (χ1) is 9.88. The highest BCUT2D eigenvalue weighted by Gasteiger charge is 1.94. The molecule has 0 fully saturated rings. The monoisotopic (exact) mass is 260 g/mol. The van der Waals surface area contributed by atoms with Crippen molar-refractivity contribution in [3.8, 4) is 6.07 Å². The maximum atomic E-state index is 9.09. The van der Waals surface area contributed by atoms with Crippen LogP contribution >= 0.6 is 0 Å². The normalized spacial score (nSPS) is 11.2. The summed E-state index contributed by atoms with van der Waals surface area (Å²) < 4.78 is 0. The Balaban J connectivity index is 1.93. The van der Waals surface area contributed by atoms with Crippen molar-refractivity contribution in [1.82, 2.24) is 5.32 Å². The van der Waals surface area contributed by atoms with E-state index in [1.165, 1.54) is 0 Å². The summed E-state index contributed by atoms with van der Waals surface area (Å²) in [5, 5.41) is 12.2. The van der Waals surface area contributed by atoms with Crippen LogP contribution in [0.25, 0.3) is 6.08 Å². The van der Waals surface area contributed by atoms with Crippen LogP contribution < -0.4 is 5.32 Å². The van der Waals surface area contributed by atoms with Gasteiger partial charge in [0.25, 0.3) is 0 Å². The maximum absolute atomic E-state index is 9.09. The molecule has 0 spiro atoms. The van der Waals surface area contributed by atoms with Gasteiger partial charge in [0, 0.05) is 6.54 Å². The third kappa shape index (κ3) is 4.47. The summed E-state index contributed by atoms with van der Waals surface area (Å²) >= 11 is 0. The SMILES string of the molecule is N#CC(=CC=Cc1ccccc1)NCc1ccccc1. The lowest BCUT2D eigenvalue weighted by Crippen LogP contribution is -2.11. The first-order valence-corrected chi connectivity index (χ1v) is 6.50. The van der Waals surface area contributed by atoms with Gasteiger partial charge >= 0.3 is 0 Å². The number of hydrogen-bond acceptors (Lipinski definition) is 2. The molecule has 2 nitrogen and oxygen atoms in total. The van der Waals surface area contributed by atoms with Crippen molar-refractivity contribution in [3.05, 3.63) is 89.6 Å². The van der Waals surface area contributed by atoms with Gasteiger partial charge in [-0.15, -0.1) is 0 Å². The third-order valence-electron chi connectivity index (χ3n) is 2.80. The van der Waals surface area contributed by atoms with Gasteiger partial charge in [0.05, 0.1) is 0 Å².